The zero-order valence-electron chi connectivity index (χ0n) is 11.3. The third kappa shape index (κ3) is 4.00. The number of carbonyl (C=O) groups is 1. The molecule has 0 aliphatic rings. The van der Waals surface area contributed by atoms with E-state index < -0.39 is 16.1 Å². The Balaban J connectivity index is 2.99. The van der Waals surface area contributed by atoms with Crippen molar-refractivity contribution in [3.63, 3.8) is 0 Å². The molecule has 0 unspecified atom stereocenters. The van der Waals surface area contributed by atoms with E-state index in [0.29, 0.717) is 5.75 Å². The number of carbonyl (C=O) groups excluding carboxylic acids is 1. The zero-order chi connectivity index (χ0) is 15.2. The van der Waals surface area contributed by atoms with Gasteiger partial charge >= 0.3 is 6.09 Å². The molecule has 0 radical (unpaired) electrons. The monoisotopic (exact) mass is 304 g/mol. The van der Waals surface area contributed by atoms with Gasteiger partial charge in [0.1, 0.15) is 16.4 Å². The minimum Gasteiger partial charge on any atom is -0.497 e. The van der Waals surface area contributed by atoms with Gasteiger partial charge in [-0.15, -0.1) is 4.83 Å². The van der Waals surface area contributed by atoms with Crippen LogP contribution >= 0.6 is 0 Å². The van der Waals surface area contributed by atoms with E-state index in [-0.39, 0.29) is 17.3 Å². The van der Waals surface area contributed by atoms with Gasteiger partial charge < -0.3 is 14.2 Å². The standard InChI is InChI=1S/C11H16N2O6S/c1-4-19-11(14)12-13-20(15,16)10-7-8(17-2)5-6-9(10)18-3/h5-7,13H,4H2,1-3H3,(H,12,14). The fourth-order valence-electron chi connectivity index (χ4n) is 1.33. The predicted molar refractivity (Wildman–Crippen MR) is 70.0 cm³/mol. The molecule has 0 fully saturated rings. The normalized spacial score (nSPS) is 10.8. The average Bonchev–Trinajstić information content (AvgIpc) is 2.45. The number of hydrazine groups is 1. The summed E-state index contributed by atoms with van der Waals surface area (Å²) in [5.41, 5.74) is 1.92. The molecule has 0 heterocycles. The number of nitrogens with one attached hydrogen (secondary N) is 2. The molecule has 0 saturated carbocycles. The number of sulfonamides is 1. The predicted octanol–water partition coefficient (Wildman–Crippen LogP) is 0.643. The van der Waals surface area contributed by atoms with Gasteiger partial charge in [0.2, 0.25) is 0 Å². The van der Waals surface area contributed by atoms with Crippen LogP contribution in [0, 0.1) is 0 Å². The highest BCUT2D eigenvalue weighted by atomic mass is 32.2. The second-order valence-corrected chi connectivity index (χ2v) is 5.12. The molecule has 0 aromatic heterocycles. The topological polar surface area (TPSA) is 103 Å². The molecule has 1 amide bonds. The van der Waals surface area contributed by atoms with Crippen LogP contribution < -0.4 is 19.7 Å². The van der Waals surface area contributed by atoms with E-state index in [2.05, 4.69) is 4.74 Å². The summed E-state index contributed by atoms with van der Waals surface area (Å²) in [5, 5.41) is 0. The largest absolute Gasteiger partial charge is 0.497 e. The Labute approximate surface area is 117 Å². The highest BCUT2D eigenvalue weighted by Crippen LogP contribution is 2.27. The summed E-state index contributed by atoms with van der Waals surface area (Å²) in [6.45, 7) is 1.72. The van der Waals surface area contributed by atoms with Crippen molar-refractivity contribution in [3.8, 4) is 11.5 Å². The first kappa shape index (κ1) is 16.1. The van der Waals surface area contributed by atoms with Gasteiger partial charge in [-0.2, -0.15) is 0 Å². The van der Waals surface area contributed by atoms with Crippen molar-refractivity contribution in [3.05, 3.63) is 18.2 Å². The second kappa shape index (κ2) is 6.96. The highest BCUT2D eigenvalue weighted by molar-refractivity contribution is 7.89. The molecule has 112 valence electrons. The van der Waals surface area contributed by atoms with Crippen molar-refractivity contribution >= 4 is 16.1 Å². The lowest BCUT2D eigenvalue weighted by atomic mass is 10.3. The van der Waals surface area contributed by atoms with Gasteiger partial charge in [-0.05, 0) is 19.1 Å². The fraction of sp³-hybridized carbons (Fsp3) is 0.364. The lowest BCUT2D eigenvalue weighted by molar-refractivity contribution is 0.150. The molecule has 1 aromatic carbocycles. The van der Waals surface area contributed by atoms with E-state index in [1.807, 2.05) is 10.3 Å². The average molecular weight is 304 g/mol. The minimum absolute atomic E-state index is 0.115. The van der Waals surface area contributed by atoms with Crippen LogP contribution in [0.2, 0.25) is 0 Å². The Morgan fingerprint density at radius 2 is 1.95 bits per heavy atom. The first-order valence-corrected chi connectivity index (χ1v) is 7.09. The molecule has 0 bridgehead atoms. The molecule has 0 aliphatic heterocycles. The SMILES string of the molecule is CCOC(=O)NNS(=O)(=O)c1cc(OC)ccc1OC. The number of benzene rings is 1. The quantitative estimate of drug-likeness (QED) is 0.748. The Morgan fingerprint density at radius 1 is 1.25 bits per heavy atom. The molecule has 0 saturated heterocycles. The van der Waals surface area contributed by atoms with E-state index >= 15 is 0 Å². The molecule has 9 heteroatoms. The number of hydrogen-bond acceptors (Lipinski definition) is 6. The highest BCUT2D eigenvalue weighted by Gasteiger charge is 2.21. The maximum Gasteiger partial charge on any atom is 0.422 e. The van der Waals surface area contributed by atoms with Crippen molar-refractivity contribution in [2.45, 2.75) is 11.8 Å². The number of hydrogen-bond donors (Lipinski definition) is 2. The van der Waals surface area contributed by atoms with Gasteiger partial charge in [0.25, 0.3) is 10.0 Å². The zero-order valence-corrected chi connectivity index (χ0v) is 12.1. The van der Waals surface area contributed by atoms with Crippen LogP contribution in [0.4, 0.5) is 4.79 Å². The van der Waals surface area contributed by atoms with Gasteiger partial charge in [-0.1, -0.05) is 0 Å². The van der Waals surface area contributed by atoms with Crippen LogP contribution in [0.15, 0.2) is 23.1 Å². The summed E-state index contributed by atoms with van der Waals surface area (Å²) in [6, 6.07) is 4.27. The van der Waals surface area contributed by atoms with Crippen LogP contribution in [0.25, 0.3) is 0 Å². The summed E-state index contributed by atoms with van der Waals surface area (Å²) in [5.74, 6) is 0.450. The van der Waals surface area contributed by atoms with E-state index in [0.717, 1.165) is 0 Å². The van der Waals surface area contributed by atoms with Gasteiger partial charge in [-0.3, -0.25) is 0 Å². The number of rotatable bonds is 6. The number of amides is 1. The van der Waals surface area contributed by atoms with Crippen molar-refractivity contribution in [1.29, 1.82) is 0 Å². The molecular formula is C11H16N2O6S. The molecule has 8 nitrogen and oxygen atoms in total. The van der Waals surface area contributed by atoms with Crippen molar-refractivity contribution in [1.82, 2.24) is 10.3 Å². The Bertz CT molecular complexity index is 572. The smallest absolute Gasteiger partial charge is 0.422 e. The van der Waals surface area contributed by atoms with Crippen LogP contribution in [0.3, 0.4) is 0 Å². The lowest BCUT2D eigenvalue weighted by Gasteiger charge is -2.12. The van der Waals surface area contributed by atoms with E-state index in [9.17, 15) is 13.2 Å². The molecule has 0 aliphatic carbocycles. The Morgan fingerprint density at radius 3 is 2.50 bits per heavy atom. The van der Waals surface area contributed by atoms with Gasteiger partial charge in [-0.25, -0.2) is 18.6 Å². The van der Waals surface area contributed by atoms with Gasteiger partial charge in [0.15, 0.2) is 0 Å². The Kier molecular flexibility index (Phi) is 5.59. The number of ether oxygens (including phenoxy) is 3. The van der Waals surface area contributed by atoms with Crippen LogP contribution in [-0.2, 0) is 14.8 Å². The lowest BCUT2D eigenvalue weighted by Crippen LogP contribution is -2.41. The summed E-state index contributed by atoms with van der Waals surface area (Å²) >= 11 is 0. The van der Waals surface area contributed by atoms with Gasteiger partial charge in [0, 0.05) is 6.07 Å². The van der Waals surface area contributed by atoms with Crippen LogP contribution in [0.5, 0.6) is 11.5 Å². The summed E-state index contributed by atoms with van der Waals surface area (Å²) < 4.78 is 38.6. The van der Waals surface area contributed by atoms with Crippen LogP contribution in [0.1, 0.15) is 6.92 Å². The fourth-order valence-corrected chi connectivity index (χ4v) is 2.34. The molecular weight excluding hydrogens is 288 g/mol. The van der Waals surface area contributed by atoms with Crippen molar-refractivity contribution < 1.29 is 27.4 Å². The third-order valence-electron chi connectivity index (χ3n) is 2.22. The minimum atomic E-state index is -4.02. The summed E-state index contributed by atoms with van der Waals surface area (Å²) in [6.07, 6.45) is -0.905. The van der Waals surface area contributed by atoms with Crippen molar-refractivity contribution in [2.24, 2.45) is 0 Å². The maximum atomic E-state index is 12.1. The summed E-state index contributed by atoms with van der Waals surface area (Å²) in [7, 11) is -1.28. The van der Waals surface area contributed by atoms with E-state index in [1.165, 1.54) is 26.4 Å². The molecule has 1 rings (SSSR count). The molecule has 1 aromatic rings. The van der Waals surface area contributed by atoms with Crippen LogP contribution in [-0.4, -0.2) is 35.3 Å². The Hall–Kier alpha value is -2.00. The molecule has 2 N–H and O–H groups in total. The summed E-state index contributed by atoms with van der Waals surface area (Å²) in [4.78, 5) is 12.8. The molecule has 0 atom stereocenters. The first-order chi connectivity index (χ1) is 9.44. The van der Waals surface area contributed by atoms with E-state index in [4.69, 9.17) is 9.47 Å². The molecule has 0 spiro atoms. The third-order valence-corrected chi connectivity index (χ3v) is 3.49. The molecule has 20 heavy (non-hydrogen) atoms. The van der Waals surface area contributed by atoms with Crippen molar-refractivity contribution in [2.75, 3.05) is 20.8 Å². The first-order valence-electron chi connectivity index (χ1n) is 5.61. The van der Waals surface area contributed by atoms with Gasteiger partial charge in [0.05, 0.1) is 20.8 Å². The maximum absolute atomic E-state index is 12.1. The number of methoxy groups -OCH3 is 2. The second-order valence-electron chi connectivity index (χ2n) is 3.47. The van der Waals surface area contributed by atoms with E-state index in [1.54, 1.807) is 13.0 Å².